The Hall–Kier alpha value is -1.55. The van der Waals surface area contributed by atoms with Gasteiger partial charge in [0.15, 0.2) is 0 Å². The molecule has 2 rings (SSSR count). The molecule has 1 aliphatic rings. The highest BCUT2D eigenvalue weighted by atomic mass is 16.2. The van der Waals surface area contributed by atoms with Crippen molar-refractivity contribution >= 4 is 6.03 Å². The van der Waals surface area contributed by atoms with Gasteiger partial charge < -0.3 is 16.4 Å². The minimum Gasteiger partial charge on any atom is -0.338 e. The Morgan fingerprint density at radius 3 is 2.76 bits per heavy atom. The maximum atomic E-state index is 11.5. The second kappa shape index (κ2) is 5.68. The summed E-state index contributed by atoms with van der Waals surface area (Å²) in [6.45, 7) is 1.88. The summed E-state index contributed by atoms with van der Waals surface area (Å²) in [5.74, 6) is 0.710. The first-order valence-electron chi connectivity index (χ1n) is 6.07. The first-order chi connectivity index (χ1) is 8.28. The summed E-state index contributed by atoms with van der Waals surface area (Å²) >= 11 is 0. The molecule has 0 radical (unpaired) electrons. The number of nitrogens with two attached hydrogens (primary N) is 1. The van der Waals surface area contributed by atoms with E-state index in [9.17, 15) is 4.79 Å². The van der Waals surface area contributed by atoms with Crippen molar-refractivity contribution in [3.63, 3.8) is 0 Å². The average molecular weight is 233 g/mol. The fourth-order valence-corrected chi connectivity index (χ4v) is 1.67. The Morgan fingerprint density at radius 1 is 1.29 bits per heavy atom. The lowest BCUT2D eigenvalue weighted by Crippen LogP contribution is -2.36. The van der Waals surface area contributed by atoms with Crippen LogP contribution in [0.5, 0.6) is 0 Å². The molecular formula is C13H19N3O. The first-order valence-corrected chi connectivity index (χ1v) is 6.07. The molecule has 4 heteroatoms. The standard InChI is InChI=1S/C13H19N3O/c14-7-11-2-1-3-12(6-11)9-16-13(17)15-8-10-4-5-10/h1-3,6,10H,4-5,7-9,14H2,(H2,15,16,17). The molecule has 4 N–H and O–H groups in total. The number of hydrogen-bond acceptors (Lipinski definition) is 2. The van der Waals surface area contributed by atoms with Gasteiger partial charge in [0, 0.05) is 19.6 Å². The lowest BCUT2D eigenvalue weighted by molar-refractivity contribution is 0.240. The van der Waals surface area contributed by atoms with Crippen molar-refractivity contribution in [2.75, 3.05) is 6.54 Å². The molecule has 0 unspecified atom stereocenters. The molecule has 1 aliphatic carbocycles. The van der Waals surface area contributed by atoms with Crippen LogP contribution in [0.15, 0.2) is 24.3 Å². The van der Waals surface area contributed by atoms with Gasteiger partial charge in [-0.25, -0.2) is 4.79 Å². The maximum absolute atomic E-state index is 11.5. The lowest BCUT2D eigenvalue weighted by atomic mass is 10.1. The molecule has 92 valence electrons. The summed E-state index contributed by atoms with van der Waals surface area (Å²) < 4.78 is 0. The van der Waals surface area contributed by atoms with Crippen molar-refractivity contribution < 1.29 is 4.79 Å². The number of nitrogens with one attached hydrogen (secondary N) is 2. The molecule has 1 aromatic carbocycles. The Bertz CT molecular complexity index is 388. The van der Waals surface area contributed by atoms with Crippen LogP contribution in [0.2, 0.25) is 0 Å². The molecule has 1 fully saturated rings. The predicted octanol–water partition coefficient (Wildman–Crippen LogP) is 1.35. The Morgan fingerprint density at radius 2 is 2.06 bits per heavy atom. The van der Waals surface area contributed by atoms with E-state index in [1.807, 2.05) is 24.3 Å². The van der Waals surface area contributed by atoms with Gasteiger partial charge in [0.25, 0.3) is 0 Å². The Kier molecular flexibility index (Phi) is 3.98. The van der Waals surface area contributed by atoms with Gasteiger partial charge in [0.05, 0.1) is 0 Å². The second-order valence-electron chi connectivity index (χ2n) is 4.53. The molecular weight excluding hydrogens is 214 g/mol. The zero-order valence-corrected chi connectivity index (χ0v) is 9.91. The van der Waals surface area contributed by atoms with Gasteiger partial charge in [0.2, 0.25) is 0 Å². The van der Waals surface area contributed by atoms with E-state index >= 15 is 0 Å². The van der Waals surface area contributed by atoms with Crippen LogP contribution >= 0.6 is 0 Å². The van der Waals surface area contributed by atoms with E-state index in [0.717, 1.165) is 17.7 Å². The lowest BCUT2D eigenvalue weighted by Gasteiger charge is -2.08. The van der Waals surface area contributed by atoms with Crippen molar-refractivity contribution in [2.45, 2.75) is 25.9 Å². The third kappa shape index (κ3) is 4.07. The molecule has 0 heterocycles. The fraction of sp³-hybridized carbons (Fsp3) is 0.462. The van der Waals surface area contributed by atoms with Crippen LogP contribution in [-0.2, 0) is 13.1 Å². The zero-order valence-electron chi connectivity index (χ0n) is 9.91. The van der Waals surface area contributed by atoms with Crippen molar-refractivity contribution in [1.29, 1.82) is 0 Å². The molecule has 2 amide bonds. The maximum Gasteiger partial charge on any atom is 0.315 e. The van der Waals surface area contributed by atoms with Crippen LogP contribution in [0.1, 0.15) is 24.0 Å². The van der Waals surface area contributed by atoms with Gasteiger partial charge in [-0.15, -0.1) is 0 Å². The van der Waals surface area contributed by atoms with Gasteiger partial charge in [-0.05, 0) is 29.9 Å². The predicted molar refractivity (Wildman–Crippen MR) is 67.3 cm³/mol. The SMILES string of the molecule is NCc1cccc(CNC(=O)NCC2CC2)c1. The summed E-state index contributed by atoms with van der Waals surface area (Å²) in [6, 6.07) is 7.86. The van der Waals surface area contributed by atoms with Crippen molar-refractivity contribution in [2.24, 2.45) is 11.7 Å². The average Bonchev–Trinajstić information content (AvgIpc) is 3.18. The van der Waals surface area contributed by atoms with Crippen LogP contribution in [-0.4, -0.2) is 12.6 Å². The molecule has 1 aromatic rings. The number of hydrogen-bond donors (Lipinski definition) is 3. The minimum absolute atomic E-state index is 0.0879. The number of rotatable bonds is 5. The summed E-state index contributed by atoms with van der Waals surface area (Å²) in [7, 11) is 0. The molecule has 0 bridgehead atoms. The molecule has 17 heavy (non-hydrogen) atoms. The van der Waals surface area contributed by atoms with E-state index in [0.29, 0.717) is 19.0 Å². The smallest absolute Gasteiger partial charge is 0.315 e. The molecule has 4 nitrogen and oxygen atoms in total. The highest BCUT2D eigenvalue weighted by Gasteiger charge is 2.21. The zero-order chi connectivity index (χ0) is 12.1. The van der Waals surface area contributed by atoms with E-state index in [1.54, 1.807) is 0 Å². The first kappa shape index (κ1) is 11.9. The molecule has 1 saturated carbocycles. The summed E-state index contributed by atoms with van der Waals surface area (Å²) in [5.41, 5.74) is 7.73. The fourth-order valence-electron chi connectivity index (χ4n) is 1.67. The van der Waals surface area contributed by atoms with E-state index < -0.39 is 0 Å². The van der Waals surface area contributed by atoms with Crippen molar-refractivity contribution in [1.82, 2.24) is 10.6 Å². The van der Waals surface area contributed by atoms with E-state index in [-0.39, 0.29) is 6.03 Å². The molecule has 0 spiro atoms. The van der Waals surface area contributed by atoms with Crippen molar-refractivity contribution in [3.8, 4) is 0 Å². The number of benzene rings is 1. The van der Waals surface area contributed by atoms with Gasteiger partial charge in [0.1, 0.15) is 0 Å². The summed E-state index contributed by atoms with van der Waals surface area (Å²) in [4.78, 5) is 11.5. The van der Waals surface area contributed by atoms with Crippen molar-refractivity contribution in [3.05, 3.63) is 35.4 Å². The number of amides is 2. The Balaban J connectivity index is 1.73. The monoisotopic (exact) mass is 233 g/mol. The largest absolute Gasteiger partial charge is 0.338 e. The number of carbonyl (C=O) groups excluding carboxylic acids is 1. The minimum atomic E-state index is -0.0879. The van der Waals surface area contributed by atoms with E-state index in [4.69, 9.17) is 5.73 Å². The molecule has 0 saturated heterocycles. The Labute approximate surface area is 102 Å². The van der Waals surface area contributed by atoms with Gasteiger partial charge in [-0.3, -0.25) is 0 Å². The summed E-state index contributed by atoms with van der Waals surface area (Å²) in [6.07, 6.45) is 2.50. The summed E-state index contributed by atoms with van der Waals surface area (Å²) in [5, 5.41) is 5.71. The van der Waals surface area contributed by atoms with Crippen LogP contribution < -0.4 is 16.4 Å². The molecule has 0 aliphatic heterocycles. The third-order valence-corrected chi connectivity index (χ3v) is 2.93. The van der Waals surface area contributed by atoms with Gasteiger partial charge >= 0.3 is 6.03 Å². The topological polar surface area (TPSA) is 67.1 Å². The normalized spacial score (nSPS) is 14.4. The van der Waals surface area contributed by atoms with E-state index in [2.05, 4.69) is 10.6 Å². The quantitative estimate of drug-likeness (QED) is 0.718. The van der Waals surface area contributed by atoms with Crippen LogP contribution in [0.25, 0.3) is 0 Å². The van der Waals surface area contributed by atoms with Gasteiger partial charge in [-0.2, -0.15) is 0 Å². The number of urea groups is 1. The number of carbonyl (C=O) groups is 1. The van der Waals surface area contributed by atoms with Crippen LogP contribution in [0.4, 0.5) is 4.79 Å². The van der Waals surface area contributed by atoms with E-state index in [1.165, 1.54) is 12.8 Å². The van der Waals surface area contributed by atoms with Gasteiger partial charge in [-0.1, -0.05) is 24.3 Å². The highest BCUT2D eigenvalue weighted by Crippen LogP contribution is 2.27. The molecule has 0 atom stereocenters. The second-order valence-corrected chi connectivity index (χ2v) is 4.53. The third-order valence-electron chi connectivity index (χ3n) is 2.93. The molecule has 0 aromatic heterocycles. The van der Waals surface area contributed by atoms with Crippen LogP contribution in [0.3, 0.4) is 0 Å². The van der Waals surface area contributed by atoms with Crippen LogP contribution in [0, 0.1) is 5.92 Å². The highest BCUT2D eigenvalue weighted by molar-refractivity contribution is 5.73.